The minimum atomic E-state index is -1.48. The van der Waals surface area contributed by atoms with Crippen molar-refractivity contribution in [3.05, 3.63) is 45.9 Å². The standard InChI is InChI=1S/C16H14Cl2N2O5/c1-24-13-6-9(15(21)22)12(7-14(13)25-2)20-16(23)19-8-3-4-10(17)11(18)5-8/h3-7H,1-2H3,(H,21,22)(H2,19,20,23)/p-1. The monoisotopic (exact) mass is 383 g/mol. The van der Waals surface area contributed by atoms with Gasteiger partial charge in [0.15, 0.2) is 11.5 Å². The molecular weight excluding hydrogens is 371 g/mol. The van der Waals surface area contributed by atoms with Crippen LogP contribution in [-0.4, -0.2) is 26.2 Å². The summed E-state index contributed by atoms with van der Waals surface area (Å²) in [6.45, 7) is 0. The lowest BCUT2D eigenvalue weighted by molar-refractivity contribution is -0.254. The Hall–Kier alpha value is -2.64. The molecular formula is C16H13Cl2N2O5-. The molecule has 0 saturated heterocycles. The minimum absolute atomic E-state index is 0.0183. The number of carboxylic acids is 1. The Morgan fingerprint density at radius 3 is 2.16 bits per heavy atom. The molecule has 9 heteroatoms. The van der Waals surface area contributed by atoms with Crippen LogP contribution in [0.5, 0.6) is 11.5 Å². The number of hydrogen-bond acceptors (Lipinski definition) is 5. The van der Waals surface area contributed by atoms with Crippen molar-refractivity contribution in [3.8, 4) is 11.5 Å². The molecule has 0 bridgehead atoms. The molecule has 0 radical (unpaired) electrons. The molecule has 2 N–H and O–H groups in total. The number of benzene rings is 2. The summed E-state index contributed by atoms with van der Waals surface area (Å²) in [6, 6.07) is 6.34. The predicted octanol–water partition coefficient (Wildman–Crippen LogP) is 3.02. The summed E-state index contributed by atoms with van der Waals surface area (Å²) in [5.74, 6) is -1.04. The molecule has 0 aliphatic carbocycles. The molecule has 0 saturated carbocycles. The second kappa shape index (κ2) is 7.96. The van der Waals surface area contributed by atoms with E-state index in [0.717, 1.165) is 0 Å². The molecule has 132 valence electrons. The molecule has 0 unspecified atom stereocenters. The van der Waals surface area contributed by atoms with Crippen LogP contribution in [0.2, 0.25) is 10.0 Å². The third-order valence-electron chi connectivity index (χ3n) is 3.17. The Morgan fingerprint density at radius 2 is 1.60 bits per heavy atom. The van der Waals surface area contributed by atoms with Crippen LogP contribution in [0.4, 0.5) is 16.2 Å². The first-order valence-corrected chi connectivity index (χ1v) is 7.61. The lowest BCUT2D eigenvalue weighted by atomic mass is 10.1. The molecule has 0 heterocycles. The molecule has 7 nitrogen and oxygen atoms in total. The number of carbonyl (C=O) groups is 2. The van der Waals surface area contributed by atoms with Gasteiger partial charge in [-0.05, 0) is 24.3 Å². The van der Waals surface area contributed by atoms with Crippen LogP contribution < -0.4 is 25.2 Å². The molecule has 2 aromatic rings. The van der Waals surface area contributed by atoms with E-state index in [-0.39, 0.29) is 27.8 Å². The summed E-state index contributed by atoms with van der Waals surface area (Å²) in [7, 11) is 2.75. The van der Waals surface area contributed by atoms with Gasteiger partial charge in [0.05, 0.1) is 35.9 Å². The number of methoxy groups -OCH3 is 2. The number of carboxylic acid groups (broad SMARTS) is 1. The number of urea groups is 1. The van der Waals surface area contributed by atoms with Crippen LogP contribution in [0, 0.1) is 0 Å². The summed E-state index contributed by atoms with van der Waals surface area (Å²) in [5.41, 5.74) is 0.0968. The fraction of sp³-hybridized carbons (Fsp3) is 0.125. The summed E-state index contributed by atoms with van der Waals surface area (Å²) < 4.78 is 10.1. The van der Waals surface area contributed by atoms with Gasteiger partial charge in [0.1, 0.15) is 0 Å². The molecule has 0 atom stereocenters. The van der Waals surface area contributed by atoms with Crippen molar-refractivity contribution >= 4 is 46.6 Å². The van der Waals surface area contributed by atoms with Gasteiger partial charge < -0.3 is 30.0 Å². The largest absolute Gasteiger partial charge is 0.545 e. The lowest BCUT2D eigenvalue weighted by Gasteiger charge is -2.16. The Morgan fingerprint density at radius 1 is 0.960 bits per heavy atom. The predicted molar refractivity (Wildman–Crippen MR) is 93.0 cm³/mol. The van der Waals surface area contributed by atoms with Gasteiger partial charge in [-0.2, -0.15) is 0 Å². The van der Waals surface area contributed by atoms with Crippen molar-refractivity contribution < 1.29 is 24.2 Å². The quantitative estimate of drug-likeness (QED) is 0.826. The molecule has 0 aliphatic heterocycles. The molecule has 2 rings (SSSR count). The van der Waals surface area contributed by atoms with Crippen LogP contribution in [0.1, 0.15) is 10.4 Å². The highest BCUT2D eigenvalue weighted by molar-refractivity contribution is 6.42. The van der Waals surface area contributed by atoms with Crippen LogP contribution >= 0.6 is 23.2 Å². The smallest absolute Gasteiger partial charge is 0.323 e. The van der Waals surface area contributed by atoms with E-state index in [4.69, 9.17) is 32.7 Å². The number of nitrogens with one attached hydrogen (secondary N) is 2. The molecule has 25 heavy (non-hydrogen) atoms. The van der Waals surface area contributed by atoms with E-state index in [1.165, 1.54) is 38.5 Å². The first kappa shape index (κ1) is 18.7. The van der Waals surface area contributed by atoms with Crippen LogP contribution in [0.3, 0.4) is 0 Å². The third-order valence-corrected chi connectivity index (χ3v) is 3.91. The minimum Gasteiger partial charge on any atom is -0.545 e. The van der Waals surface area contributed by atoms with Crippen molar-refractivity contribution in [1.82, 2.24) is 0 Å². The zero-order valence-corrected chi connectivity index (χ0v) is 14.7. The van der Waals surface area contributed by atoms with Gasteiger partial charge in [-0.25, -0.2) is 4.79 Å². The van der Waals surface area contributed by atoms with Gasteiger partial charge in [-0.3, -0.25) is 0 Å². The van der Waals surface area contributed by atoms with Gasteiger partial charge in [0.25, 0.3) is 0 Å². The SMILES string of the molecule is COc1cc(NC(=O)Nc2ccc(Cl)c(Cl)c2)c(C(=O)[O-])cc1OC. The first-order chi connectivity index (χ1) is 11.8. The Kier molecular flexibility index (Phi) is 5.95. The summed E-state index contributed by atoms with van der Waals surface area (Å²) in [4.78, 5) is 23.4. The molecule has 0 fully saturated rings. The number of amides is 2. The number of halogens is 2. The number of anilines is 2. The van der Waals surface area contributed by atoms with E-state index in [1.807, 2.05) is 0 Å². The van der Waals surface area contributed by atoms with E-state index in [9.17, 15) is 14.7 Å². The highest BCUT2D eigenvalue weighted by atomic mass is 35.5. The molecule has 0 aromatic heterocycles. The van der Waals surface area contributed by atoms with Crippen molar-refractivity contribution in [3.63, 3.8) is 0 Å². The van der Waals surface area contributed by atoms with Gasteiger partial charge >= 0.3 is 6.03 Å². The van der Waals surface area contributed by atoms with Gasteiger partial charge in [-0.1, -0.05) is 23.2 Å². The average Bonchev–Trinajstić information content (AvgIpc) is 2.57. The van der Waals surface area contributed by atoms with E-state index in [0.29, 0.717) is 10.7 Å². The lowest BCUT2D eigenvalue weighted by Crippen LogP contribution is -2.26. The molecule has 0 aliphatic rings. The third kappa shape index (κ3) is 4.46. The number of carbonyl (C=O) groups excluding carboxylic acids is 2. The van der Waals surface area contributed by atoms with E-state index in [2.05, 4.69) is 10.6 Å². The van der Waals surface area contributed by atoms with Gasteiger partial charge in [0, 0.05) is 17.3 Å². The highest BCUT2D eigenvalue weighted by Crippen LogP contribution is 2.33. The maximum atomic E-state index is 12.1. The Balaban J connectivity index is 2.26. The highest BCUT2D eigenvalue weighted by Gasteiger charge is 2.14. The maximum absolute atomic E-state index is 12.1. The van der Waals surface area contributed by atoms with Crippen LogP contribution in [-0.2, 0) is 0 Å². The summed E-state index contributed by atoms with van der Waals surface area (Å²) in [5, 5.41) is 16.8. The van der Waals surface area contributed by atoms with Crippen molar-refractivity contribution in [2.45, 2.75) is 0 Å². The van der Waals surface area contributed by atoms with E-state index in [1.54, 1.807) is 6.07 Å². The summed E-state index contributed by atoms with van der Waals surface area (Å²) >= 11 is 11.7. The number of hydrogen-bond donors (Lipinski definition) is 2. The second-order valence-corrected chi connectivity index (χ2v) is 5.56. The van der Waals surface area contributed by atoms with E-state index < -0.39 is 12.0 Å². The summed E-state index contributed by atoms with van der Waals surface area (Å²) in [6.07, 6.45) is 0. The van der Waals surface area contributed by atoms with Crippen LogP contribution in [0.25, 0.3) is 0 Å². The maximum Gasteiger partial charge on any atom is 0.323 e. The second-order valence-electron chi connectivity index (χ2n) is 4.75. The molecule has 2 amide bonds. The fourth-order valence-corrected chi connectivity index (χ4v) is 2.31. The van der Waals surface area contributed by atoms with Crippen molar-refractivity contribution in [2.24, 2.45) is 0 Å². The Bertz CT molecular complexity index is 826. The zero-order valence-electron chi connectivity index (χ0n) is 13.2. The normalized spacial score (nSPS) is 10.1. The fourth-order valence-electron chi connectivity index (χ4n) is 2.01. The first-order valence-electron chi connectivity index (χ1n) is 6.86. The van der Waals surface area contributed by atoms with Gasteiger partial charge in [0.2, 0.25) is 0 Å². The zero-order chi connectivity index (χ0) is 18.6. The average molecular weight is 384 g/mol. The topological polar surface area (TPSA) is 99.7 Å². The molecule has 0 spiro atoms. The van der Waals surface area contributed by atoms with Crippen molar-refractivity contribution in [2.75, 3.05) is 24.9 Å². The number of rotatable bonds is 5. The number of aromatic carboxylic acids is 1. The van der Waals surface area contributed by atoms with Gasteiger partial charge in [-0.15, -0.1) is 0 Å². The Labute approximate surface area is 153 Å². The molecule has 2 aromatic carbocycles. The van der Waals surface area contributed by atoms with E-state index >= 15 is 0 Å². The number of ether oxygens (including phenoxy) is 2. The van der Waals surface area contributed by atoms with Crippen LogP contribution in [0.15, 0.2) is 30.3 Å². The van der Waals surface area contributed by atoms with Crippen molar-refractivity contribution in [1.29, 1.82) is 0 Å².